The van der Waals surface area contributed by atoms with Gasteiger partial charge in [-0.2, -0.15) is 0 Å². The maximum Gasteiger partial charge on any atom is 0.324 e. The number of carbonyl (C=O) groups is 1. The third-order valence-corrected chi connectivity index (χ3v) is 5.97. The summed E-state index contributed by atoms with van der Waals surface area (Å²) in [5, 5.41) is 0. The Kier molecular flexibility index (Phi) is 3.58. The van der Waals surface area contributed by atoms with Crippen molar-refractivity contribution in [1.82, 2.24) is 4.90 Å². The molecule has 1 aliphatic carbocycles. The summed E-state index contributed by atoms with van der Waals surface area (Å²) in [7, 11) is 1.77. The van der Waals surface area contributed by atoms with Gasteiger partial charge in [0.25, 0.3) is 0 Å². The SMILES string of the molecule is COCC1(c2ccc(N3C[C@@H]4[C@H](N)CCN4C3=O)cc2)CCC1. The Bertz CT molecular complexity index is 597. The Labute approximate surface area is 137 Å². The van der Waals surface area contributed by atoms with Crippen LogP contribution in [0.3, 0.4) is 0 Å². The minimum Gasteiger partial charge on any atom is -0.384 e. The molecule has 2 atom stereocenters. The zero-order valence-electron chi connectivity index (χ0n) is 13.7. The highest BCUT2D eigenvalue weighted by atomic mass is 16.5. The zero-order valence-corrected chi connectivity index (χ0v) is 13.7. The van der Waals surface area contributed by atoms with Crippen LogP contribution in [0.15, 0.2) is 24.3 Å². The van der Waals surface area contributed by atoms with E-state index in [0.717, 1.165) is 25.3 Å². The number of ether oxygens (including phenoxy) is 1. The lowest BCUT2D eigenvalue weighted by Crippen LogP contribution is -2.38. The first kappa shape index (κ1) is 15.0. The highest BCUT2D eigenvalue weighted by Crippen LogP contribution is 2.44. The minimum absolute atomic E-state index is 0.103. The van der Waals surface area contributed by atoms with E-state index >= 15 is 0 Å². The van der Waals surface area contributed by atoms with Crippen LogP contribution in [0.5, 0.6) is 0 Å². The lowest BCUT2D eigenvalue weighted by molar-refractivity contribution is 0.0792. The molecular formula is C18H25N3O2. The molecule has 2 amide bonds. The highest BCUT2D eigenvalue weighted by molar-refractivity contribution is 5.95. The third kappa shape index (κ3) is 2.25. The van der Waals surface area contributed by atoms with Gasteiger partial charge in [-0.25, -0.2) is 4.79 Å². The molecule has 2 aliphatic heterocycles. The molecule has 2 N–H and O–H groups in total. The number of nitrogens with two attached hydrogens (primary N) is 1. The Hall–Kier alpha value is -1.59. The number of methoxy groups -OCH3 is 1. The Morgan fingerprint density at radius 1 is 1.30 bits per heavy atom. The number of carbonyl (C=O) groups excluding carboxylic acids is 1. The van der Waals surface area contributed by atoms with Gasteiger partial charge in [0, 0.05) is 37.3 Å². The molecule has 3 fully saturated rings. The highest BCUT2D eigenvalue weighted by Gasteiger charge is 2.45. The van der Waals surface area contributed by atoms with E-state index in [1.54, 1.807) is 7.11 Å². The van der Waals surface area contributed by atoms with Gasteiger partial charge in [0.05, 0.1) is 12.6 Å². The van der Waals surface area contributed by atoms with Gasteiger partial charge in [-0.3, -0.25) is 4.90 Å². The lowest BCUT2D eigenvalue weighted by atomic mass is 9.65. The number of urea groups is 1. The van der Waals surface area contributed by atoms with Gasteiger partial charge in [-0.1, -0.05) is 18.6 Å². The average molecular weight is 315 g/mol. The normalized spacial score (nSPS) is 28.9. The maximum absolute atomic E-state index is 12.6. The van der Waals surface area contributed by atoms with Crippen molar-refractivity contribution in [2.24, 2.45) is 5.73 Å². The predicted molar refractivity (Wildman–Crippen MR) is 89.7 cm³/mol. The topological polar surface area (TPSA) is 58.8 Å². The van der Waals surface area contributed by atoms with Gasteiger partial charge >= 0.3 is 6.03 Å². The molecule has 0 unspecified atom stereocenters. The first-order valence-corrected chi connectivity index (χ1v) is 8.58. The predicted octanol–water partition coefficient (Wildman–Crippen LogP) is 2.10. The van der Waals surface area contributed by atoms with Crippen molar-refractivity contribution in [3.05, 3.63) is 29.8 Å². The molecule has 1 aromatic rings. The monoisotopic (exact) mass is 315 g/mol. The van der Waals surface area contributed by atoms with Crippen LogP contribution in [0.2, 0.25) is 0 Å². The molecule has 0 spiro atoms. The molecule has 5 heteroatoms. The van der Waals surface area contributed by atoms with E-state index < -0.39 is 0 Å². The Morgan fingerprint density at radius 2 is 2.04 bits per heavy atom. The van der Waals surface area contributed by atoms with Gasteiger partial charge in [-0.15, -0.1) is 0 Å². The van der Waals surface area contributed by atoms with Crippen LogP contribution in [-0.4, -0.2) is 49.8 Å². The number of amides is 2. The van der Waals surface area contributed by atoms with Crippen molar-refractivity contribution in [3.63, 3.8) is 0 Å². The summed E-state index contributed by atoms with van der Waals surface area (Å²) < 4.78 is 5.43. The van der Waals surface area contributed by atoms with E-state index in [1.165, 1.54) is 24.8 Å². The average Bonchev–Trinajstić information content (AvgIpc) is 3.05. The van der Waals surface area contributed by atoms with Crippen LogP contribution in [0.25, 0.3) is 0 Å². The summed E-state index contributed by atoms with van der Waals surface area (Å²) in [5.74, 6) is 0. The van der Waals surface area contributed by atoms with E-state index in [0.29, 0.717) is 6.54 Å². The molecule has 4 rings (SSSR count). The second-order valence-corrected chi connectivity index (χ2v) is 7.22. The quantitative estimate of drug-likeness (QED) is 0.925. The van der Waals surface area contributed by atoms with Crippen molar-refractivity contribution in [2.75, 3.05) is 31.7 Å². The summed E-state index contributed by atoms with van der Waals surface area (Å²) in [6.45, 7) is 2.28. The number of hydrogen-bond donors (Lipinski definition) is 1. The van der Waals surface area contributed by atoms with Gasteiger partial charge in [0.2, 0.25) is 0 Å². The molecule has 124 valence electrons. The first-order valence-electron chi connectivity index (χ1n) is 8.58. The molecule has 0 bridgehead atoms. The zero-order chi connectivity index (χ0) is 16.0. The number of hydrogen-bond acceptors (Lipinski definition) is 3. The van der Waals surface area contributed by atoms with Gasteiger partial charge < -0.3 is 15.4 Å². The summed E-state index contributed by atoms with van der Waals surface area (Å²) in [5.41, 5.74) is 8.62. The van der Waals surface area contributed by atoms with Crippen molar-refractivity contribution in [3.8, 4) is 0 Å². The maximum atomic E-state index is 12.6. The molecule has 1 aromatic carbocycles. The van der Waals surface area contributed by atoms with Crippen molar-refractivity contribution >= 4 is 11.7 Å². The molecule has 3 aliphatic rings. The van der Waals surface area contributed by atoms with Crippen LogP contribution in [0.4, 0.5) is 10.5 Å². The van der Waals surface area contributed by atoms with Crippen molar-refractivity contribution < 1.29 is 9.53 Å². The van der Waals surface area contributed by atoms with E-state index in [-0.39, 0.29) is 23.5 Å². The Balaban J connectivity index is 1.54. The van der Waals surface area contributed by atoms with Crippen LogP contribution in [-0.2, 0) is 10.2 Å². The second kappa shape index (κ2) is 5.49. The largest absolute Gasteiger partial charge is 0.384 e. The molecule has 0 radical (unpaired) electrons. The summed E-state index contributed by atoms with van der Waals surface area (Å²) >= 11 is 0. The van der Waals surface area contributed by atoms with E-state index in [1.807, 2.05) is 9.80 Å². The summed E-state index contributed by atoms with van der Waals surface area (Å²) in [6, 6.07) is 8.89. The van der Waals surface area contributed by atoms with Crippen LogP contribution >= 0.6 is 0 Å². The number of nitrogens with zero attached hydrogens (tertiary/aromatic N) is 2. The molecule has 1 saturated carbocycles. The van der Waals surface area contributed by atoms with Crippen molar-refractivity contribution in [1.29, 1.82) is 0 Å². The van der Waals surface area contributed by atoms with Crippen LogP contribution < -0.4 is 10.6 Å². The number of rotatable bonds is 4. The fraction of sp³-hybridized carbons (Fsp3) is 0.611. The van der Waals surface area contributed by atoms with Gasteiger partial charge in [0.1, 0.15) is 0 Å². The van der Waals surface area contributed by atoms with Crippen LogP contribution in [0.1, 0.15) is 31.2 Å². The first-order chi connectivity index (χ1) is 11.1. The molecule has 2 saturated heterocycles. The summed E-state index contributed by atoms with van der Waals surface area (Å²) in [6.07, 6.45) is 4.56. The van der Waals surface area contributed by atoms with E-state index in [2.05, 4.69) is 24.3 Å². The molecular weight excluding hydrogens is 290 g/mol. The van der Waals surface area contributed by atoms with E-state index in [4.69, 9.17) is 10.5 Å². The third-order valence-electron chi connectivity index (χ3n) is 5.97. The van der Waals surface area contributed by atoms with Crippen LogP contribution in [0, 0.1) is 0 Å². The smallest absolute Gasteiger partial charge is 0.324 e. The molecule has 0 aromatic heterocycles. The van der Waals surface area contributed by atoms with Gasteiger partial charge in [-0.05, 0) is 37.0 Å². The number of anilines is 1. The fourth-order valence-electron chi connectivity index (χ4n) is 4.38. The van der Waals surface area contributed by atoms with Gasteiger partial charge in [0.15, 0.2) is 0 Å². The fourth-order valence-corrected chi connectivity index (χ4v) is 4.38. The van der Waals surface area contributed by atoms with Crippen molar-refractivity contribution in [2.45, 2.75) is 43.2 Å². The molecule has 2 heterocycles. The summed E-state index contributed by atoms with van der Waals surface area (Å²) in [4.78, 5) is 16.4. The number of benzene rings is 1. The lowest BCUT2D eigenvalue weighted by Gasteiger charge is -2.42. The van der Waals surface area contributed by atoms with E-state index in [9.17, 15) is 4.79 Å². The Morgan fingerprint density at radius 3 is 2.61 bits per heavy atom. The molecule has 23 heavy (non-hydrogen) atoms. The number of fused-ring (bicyclic) bond motifs is 1. The molecule has 5 nitrogen and oxygen atoms in total. The minimum atomic E-state index is 0.103. The standard InChI is InChI=1S/C18H25N3O2/c1-23-12-18(8-2-9-18)13-3-5-14(6-4-13)21-11-16-15(19)7-10-20(16)17(21)22/h3-6,15-16H,2,7-12,19H2,1H3/t15-,16-/m1/s1. The second-order valence-electron chi connectivity index (χ2n) is 7.22.